The van der Waals surface area contributed by atoms with E-state index in [1.165, 1.54) is 39.2 Å². The third-order valence-corrected chi connectivity index (χ3v) is 4.32. The molecule has 1 saturated carbocycles. The van der Waals surface area contributed by atoms with Crippen LogP contribution in [0.3, 0.4) is 0 Å². The van der Waals surface area contributed by atoms with Crippen molar-refractivity contribution in [3.05, 3.63) is 17.5 Å². The minimum absolute atomic E-state index is 0.0599. The molecule has 118 valence electrons. The Kier molecular flexibility index (Phi) is 5.07. The van der Waals surface area contributed by atoms with Crippen LogP contribution in [0.15, 0.2) is 6.07 Å². The van der Waals surface area contributed by atoms with Crippen LogP contribution in [0.1, 0.15) is 87.9 Å². The van der Waals surface area contributed by atoms with Gasteiger partial charge >= 0.3 is 5.97 Å². The summed E-state index contributed by atoms with van der Waals surface area (Å²) in [7, 11) is 1.44. The zero-order chi connectivity index (χ0) is 15.5. The molecular weight excluding hydrogens is 264 g/mol. The van der Waals surface area contributed by atoms with Crippen molar-refractivity contribution in [2.75, 3.05) is 7.11 Å². The molecule has 0 amide bonds. The molecule has 1 fully saturated rings. The van der Waals surface area contributed by atoms with Gasteiger partial charge in [0.15, 0.2) is 0 Å². The molecule has 0 aromatic carbocycles. The number of esters is 1. The van der Waals surface area contributed by atoms with Crippen molar-refractivity contribution in [3.63, 3.8) is 0 Å². The molecule has 0 spiro atoms. The van der Waals surface area contributed by atoms with Crippen molar-refractivity contribution in [1.82, 2.24) is 9.78 Å². The summed E-state index contributed by atoms with van der Waals surface area (Å²) >= 11 is 0. The number of nitrogens with zero attached hydrogens (tertiary/aromatic N) is 2. The lowest BCUT2D eigenvalue weighted by Gasteiger charge is -2.22. The van der Waals surface area contributed by atoms with Gasteiger partial charge in [0.25, 0.3) is 0 Å². The molecule has 0 radical (unpaired) electrons. The Morgan fingerprint density at radius 1 is 1.19 bits per heavy atom. The van der Waals surface area contributed by atoms with Crippen LogP contribution in [0.4, 0.5) is 0 Å². The second kappa shape index (κ2) is 6.63. The molecular formula is C17H28N2O2. The lowest BCUT2D eigenvalue weighted by atomic mass is 9.92. The summed E-state index contributed by atoms with van der Waals surface area (Å²) in [6.45, 7) is 6.37. The molecule has 0 bridgehead atoms. The average molecular weight is 292 g/mol. The standard InChI is InChI=1S/C17H28N2O2/c1-17(2,3)15-12-14(16(20)21-4)19(18-15)13-10-8-6-5-7-9-11-13/h12-13H,5-11H2,1-4H3. The maximum atomic E-state index is 12.1. The van der Waals surface area contributed by atoms with Crippen LogP contribution in [0.2, 0.25) is 0 Å². The number of carbonyl (C=O) groups excluding carboxylic acids is 1. The molecule has 1 aliphatic carbocycles. The second-order valence-electron chi connectivity index (χ2n) is 7.10. The Morgan fingerprint density at radius 2 is 1.76 bits per heavy atom. The first-order valence-corrected chi connectivity index (χ1v) is 8.12. The molecule has 4 heteroatoms. The normalized spacial score (nSPS) is 18.1. The first kappa shape index (κ1) is 16.1. The Hall–Kier alpha value is -1.32. The van der Waals surface area contributed by atoms with E-state index in [1.807, 2.05) is 10.7 Å². The van der Waals surface area contributed by atoms with E-state index in [0.717, 1.165) is 18.5 Å². The van der Waals surface area contributed by atoms with Gasteiger partial charge in [0.2, 0.25) is 0 Å². The monoisotopic (exact) mass is 292 g/mol. The highest BCUT2D eigenvalue weighted by Gasteiger charge is 2.26. The second-order valence-corrected chi connectivity index (χ2v) is 7.10. The summed E-state index contributed by atoms with van der Waals surface area (Å²) in [5, 5.41) is 4.76. The maximum Gasteiger partial charge on any atom is 0.356 e. The van der Waals surface area contributed by atoms with Gasteiger partial charge in [-0.05, 0) is 18.9 Å². The van der Waals surface area contributed by atoms with Crippen molar-refractivity contribution in [3.8, 4) is 0 Å². The first-order valence-electron chi connectivity index (χ1n) is 8.12. The fourth-order valence-electron chi connectivity index (χ4n) is 2.98. The summed E-state index contributed by atoms with van der Waals surface area (Å²) in [6, 6.07) is 2.24. The molecule has 1 heterocycles. The van der Waals surface area contributed by atoms with Gasteiger partial charge < -0.3 is 4.74 Å². The van der Waals surface area contributed by atoms with Gasteiger partial charge in [-0.1, -0.05) is 52.9 Å². The molecule has 4 nitrogen and oxygen atoms in total. The van der Waals surface area contributed by atoms with Gasteiger partial charge in [-0.3, -0.25) is 4.68 Å². The van der Waals surface area contributed by atoms with E-state index in [-0.39, 0.29) is 11.4 Å². The predicted octanol–water partition coefficient (Wildman–Crippen LogP) is 4.25. The molecule has 1 aromatic rings. The Labute approximate surface area is 127 Å². The van der Waals surface area contributed by atoms with Gasteiger partial charge in [-0.2, -0.15) is 5.10 Å². The number of hydrogen-bond acceptors (Lipinski definition) is 3. The number of hydrogen-bond donors (Lipinski definition) is 0. The largest absolute Gasteiger partial charge is 0.464 e. The van der Waals surface area contributed by atoms with E-state index in [2.05, 4.69) is 20.8 Å². The summed E-state index contributed by atoms with van der Waals surface area (Å²) in [5.74, 6) is -0.278. The van der Waals surface area contributed by atoms with Gasteiger partial charge in [0, 0.05) is 5.41 Å². The Bertz CT molecular complexity index is 477. The number of ether oxygens (including phenoxy) is 1. The maximum absolute atomic E-state index is 12.1. The lowest BCUT2D eigenvalue weighted by Crippen LogP contribution is -2.19. The molecule has 21 heavy (non-hydrogen) atoms. The van der Waals surface area contributed by atoms with Crippen LogP contribution in [-0.4, -0.2) is 22.9 Å². The lowest BCUT2D eigenvalue weighted by molar-refractivity contribution is 0.0582. The fourth-order valence-corrected chi connectivity index (χ4v) is 2.98. The fraction of sp³-hybridized carbons (Fsp3) is 0.765. The van der Waals surface area contributed by atoms with E-state index in [9.17, 15) is 4.79 Å². The van der Waals surface area contributed by atoms with Gasteiger partial charge in [-0.15, -0.1) is 0 Å². The molecule has 0 saturated heterocycles. The zero-order valence-corrected chi connectivity index (χ0v) is 13.8. The molecule has 2 rings (SSSR count). The van der Waals surface area contributed by atoms with Gasteiger partial charge in [-0.25, -0.2) is 4.79 Å². The highest BCUT2D eigenvalue weighted by atomic mass is 16.5. The average Bonchev–Trinajstić information content (AvgIpc) is 2.82. The summed E-state index contributed by atoms with van der Waals surface area (Å²) in [6.07, 6.45) is 8.56. The summed E-state index contributed by atoms with van der Waals surface area (Å²) in [4.78, 5) is 12.1. The van der Waals surface area contributed by atoms with Gasteiger partial charge in [0.05, 0.1) is 18.8 Å². The van der Waals surface area contributed by atoms with Crippen molar-refractivity contribution < 1.29 is 9.53 Å². The summed E-state index contributed by atoms with van der Waals surface area (Å²) < 4.78 is 6.89. The highest BCUT2D eigenvalue weighted by molar-refractivity contribution is 5.87. The molecule has 1 aromatic heterocycles. The minimum atomic E-state index is -0.278. The van der Waals surface area contributed by atoms with Crippen LogP contribution in [0.5, 0.6) is 0 Å². The molecule has 0 N–H and O–H groups in total. The number of rotatable bonds is 2. The number of methoxy groups -OCH3 is 1. The van der Waals surface area contributed by atoms with E-state index in [1.54, 1.807) is 0 Å². The van der Waals surface area contributed by atoms with Crippen molar-refractivity contribution in [2.45, 2.75) is 77.2 Å². The summed E-state index contributed by atoms with van der Waals surface area (Å²) in [5.41, 5.74) is 1.51. The van der Waals surface area contributed by atoms with E-state index < -0.39 is 0 Å². The van der Waals surface area contributed by atoms with E-state index in [0.29, 0.717) is 11.7 Å². The van der Waals surface area contributed by atoms with E-state index >= 15 is 0 Å². The minimum Gasteiger partial charge on any atom is -0.464 e. The number of aromatic nitrogens is 2. The van der Waals surface area contributed by atoms with E-state index in [4.69, 9.17) is 9.84 Å². The van der Waals surface area contributed by atoms with Crippen LogP contribution >= 0.6 is 0 Å². The first-order chi connectivity index (χ1) is 9.93. The third kappa shape index (κ3) is 3.86. The molecule has 0 unspecified atom stereocenters. The number of carbonyl (C=O) groups is 1. The molecule has 0 aliphatic heterocycles. The highest BCUT2D eigenvalue weighted by Crippen LogP contribution is 2.30. The van der Waals surface area contributed by atoms with Crippen molar-refractivity contribution >= 4 is 5.97 Å². The topological polar surface area (TPSA) is 44.1 Å². The molecule has 1 aliphatic rings. The van der Waals surface area contributed by atoms with Crippen LogP contribution in [-0.2, 0) is 10.2 Å². The van der Waals surface area contributed by atoms with Crippen molar-refractivity contribution in [1.29, 1.82) is 0 Å². The van der Waals surface area contributed by atoms with Gasteiger partial charge in [0.1, 0.15) is 5.69 Å². The predicted molar refractivity (Wildman–Crippen MR) is 83.6 cm³/mol. The smallest absolute Gasteiger partial charge is 0.356 e. The Morgan fingerprint density at radius 3 is 2.29 bits per heavy atom. The van der Waals surface area contributed by atoms with Crippen LogP contribution in [0.25, 0.3) is 0 Å². The third-order valence-electron chi connectivity index (χ3n) is 4.32. The van der Waals surface area contributed by atoms with Crippen molar-refractivity contribution in [2.24, 2.45) is 0 Å². The zero-order valence-electron chi connectivity index (χ0n) is 13.8. The van der Waals surface area contributed by atoms with Crippen LogP contribution in [0, 0.1) is 0 Å². The Balaban J connectivity index is 2.34. The SMILES string of the molecule is COC(=O)c1cc(C(C)(C)C)nn1C1CCCCCCC1. The quantitative estimate of drug-likeness (QED) is 0.765. The van der Waals surface area contributed by atoms with Crippen LogP contribution < -0.4 is 0 Å². The molecule has 0 atom stereocenters.